The van der Waals surface area contributed by atoms with Crippen LogP contribution in [0.4, 0.5) is 5.69 Å². The third-order valence-electron chi connectivity index (χ3n) is 4.05. The van der Waals surface area contributed by atoms with Crippen LogP contribution in [-0.2, 0) is 14.3 Å². The van der Waals surface area contributed by atoms with E-state index in [1.54, 1.807) is 25.1 Å². The monoisotopic (exact) mass is 418 g/mol. The summed E-state index contributed by atoms with van der Waals surface area (Å²) in [7, 11) is 3.04. The molecule has 10 nitrogen and oxygen atoms in total. The lowest BCUT2D eigenvalue weighted by Gasteiger charge is -2.18. The fourth-order valence-electron chi connectivity index (χ4n) is 2.59. The molecule has 1 amide bonds. The quantitative estimate of drug-likeness (QED) is 0.354. The molecule has 0 fully saturated rings. The zero-order valence-electron chi connectivity index (χ0n) is 16.7. The number of esters is 1. The highest BCUT2D eigenvalue weighted by molar-refractivity contribution is 5.81. The van der Waals surface area contributed by atoms with Crippen molar-refractivity contribution in [2.45, 2.75) is 13.0 Å². The van der Waals surface area contributed by atoms with Crippen LogP contribution in [0.1, 0.15) is 18.5 Å². The fourth-order valence-corrected chi connectivity index (χ4v) is 2.59. The summed E-state index contributed by atoms with van der Waals surface area (Å²) in [6, 6.07) is 10.4. The van der Waals surface area contributed by atoms with Crippen molar-refractivity contribution < 1.29 is 33.5 Å². The zero-order valence-corrected chi connectivity index (χ0v) is 16.7. The average Bonchev–Trinajstić information content (AvgIpc) is 2.75. The molecule has 0 unspecified atom stereocenters. The first-order chi connectivity index (χ1) is 14.3. The number of nitrogens with one attached hydrogen (secondary N) is 1. The maximum Gasteiger partial charge on any atom is 0.344 e. The van der Waals surface area contributed by atoms with E-state index in [1.165, 1.54) is 38.5 Å². The van der Waals surface area contributed by atoms with Gasteiger partial charge in [0.05, 0.1) is 25.2 Å². The number of carbonyl (C=O) groups is 2. The molecular formula is C20H22N2O8. The van der Waals surface area contributed by atoms with E-state index < -0.39 is 36.1 Å². The molecule has 0 bridgehead atoms. The van der Waals surface area contributed by atoms with Crippen LogP contribution in [0.3, 0.4) is 0 Å². The van der Waals surface area contributed by atoms with Gasteiger partial charge in [-0.25, -0.2) is 4.79 Å². The molecule has 0 saturated heterocycles. The maximum absolute atomic E-state index is 12.1. The Morgan fingerprint density at radius 1 is 1.07 bits per heavy atom. The molecule has 1 atom stereocenters. The molecule has 0 spiro atoms. The van der Waals surface area contributed by atoms with Gasteiger partial charge in [0, 0.05) is 11.6 Å². The minimum absolute atomic E-state index is 0.0670. The second kappa shape index (κ2) is 10.6. The first-order valence-corrected chi connectivity index (χ1v) is 8.88. The smallest absolute Gasteiger partial charge is 0.344 e. The number of nitro groups is 1. The Morgan fingerprint density at radius 2 is 1.80 bits per heavy atom. The Labute approximate surface area is 172 Å². The lowest BCUT2D eigenvalue weighted by atomic mass is 10.1. The summed E-state index contributed by atoms with van der Waals surface area (Å²) in [6.07, 6.45) is 0. The van der Waals surface area contributed by atoms with Crippen LogP contribution in [0.25, 0.3) is 0 Å². The number of ether oxygens (including phenoxy) is 4. The molecule has 2 aromatic carbocycles. The first kappa shape index (κ1) is 22.5. The van der Waals surface area contributed by atoms with Crippen LogP contribution >= 0.6 is 0 Å². The number of para-hydroxylation sites is 2. The van der Waals surface area contributed by atoms with Gasteiger partial charge in [-0.2, -0.15) is 0 Å². The summed E-state index contributed by atoms with van der Waals surface area (Å²) in [5.41, 5.74) is 0.417. The van der Waals surface area contributed by atoms with E-state index >= 15 is 0 Å². The van der Waals surface area contributed by atoms with Gasteiger partial charge in [0.25, 0.3) is 5.91 Å². The molecule has 0 heterocycles. The highest BCUT2D eigenvalue weighted by Crippen LogP contribution is 2.29. The highest BCUT2D eigenvalue weighted by atomic mass is 16.6. The van der Waals surface area contributed by atoms with Crippen molar-refractivity contribution in [2.75, 3.05) is 27.4 Å². The molecule has 0 aliphatic carbocycles. The summed E-state index contributed by atoms with van der Waals surface area (Å²) in [6.45, 7) is 0.641. The lowest BCUT2D eigenvalue weighted by molar-refractivity contribution is -0.385. The summed E-state index contributed by atoms with van der Waals surface area (Å²) < 4.78 is 20.5. The van der Waals surface area contributed by atoms with Crippen LogP contribution in [0.5, 0.6) is 17.2 Å². The molecule has 30 heavy (non-hydrogen) atoms. The number of nitrogens with zero attached hydrogens (tertiary/aromatic N) is 1. The Hall–Kier alpha value is -3.82. The molecule has 0 aliphatic rings. The number of hydrogen-bond donors (Lipinski definition) is 1. The van der Waals surface area contributed by atoms with Gasteiger partial charge in [-0.3, -0.25) is 14.9 Å². The zero-order chi connectivity index (χ0) is 22.1. The summed E-state index contributed by atoms with van der Waals surface area (Å²) in [5.74, 6) is -0.270. The van der Waals surface area contributed by atoms with Gasteiger partial charge in [0.2, 0.25) is 0 Å². The molecule has 2 rings (SSSR count). The SMILES string of the molecule is COc1ccc(OC)c([C@@H](C)NC(=O)COC(=O)COc2ccccc2[N+](=O)[O-])c1. The van der Waals surface area contributed by atoms with Crippen LogP contribution in [0.2, 0.25) is 0 Å². The fraction of sp³-hybridized carbons (Fsp3) is 0.300. The first-order valence-electron chi connectivity index (χ1n) is 8.88. The number of amides is 1. The van der Waals surface area contributed by atoms with Crippen molar-refractivity contribution in [3.05, 3.63) is 58.1 Å². The number of hydrogen-bond acceptors (Lipinski definition) is 8. The highest BCUT2D eigenvalue weighted by Gasteiger charge is 2.18. The summed E-state index contributed by atoms with van der Waals surface area (Å²) in [5, 5.41) is 13.6. The third kappa shape index (κ3) is 6.09. The molecular weight excluding hydrogens is 396 g/mol. The summed E-state index contributed by atoms with van der Waals surface area (Å²) in [4.78, 5) is 34.2. The minimum Gasteiger partial charge on any atom is -0.497 e. The number of benzene rings is 2. The van der Waals surface area contributed by atoms with E-state index in [0.717, 1.165) is 0 Å². The second-order valence-corrected chi connectivity index (χ2v) is 6.07. The van der Waals surface area contributed by atoms with Crippen molar-refractivity contribution in [3.8, 4) is 17.2 Å². The predicted molar refractivity (Wildman–Crippen MR) is 106 cm³/mol. The topological polar surface area (TPSA) is 126 Å². The molecule has 0 saturated carbocycles. The van der Waals surface area contributed by atoms with E-state index in [2.05, 4.69) is 5.32 Å². The van der Waals surface area contributed by atoms with E-state index in [-0.39, 0.29) is 11.4 Å². The maximum atomic E-state index is 12.1. The van der Waals surface area contributed by atoms with E-state index in [9.17, 15) is 19.7 Å². The Balaban J connectivity index is 1.86. The van der Waals surface area contributed by atoms with Gasteiger partial charge in [0.15, 0.2) is 19.0 Å². The number of nitro benzene ring substituents is 1. The van der Waals surface area contributed by atoms with E-state index in [4.69, 9.17) is 18.9 Å². The van der Waals surface area contributed by atoms with Gasteiger partial charge in [-0.15, -0.1) is 0 Å². The van der Waals surface area contributed by atoms with Crippen molar-refractivity contribution in [3.63, 3.8) is 0 Å². The number of rotatable bonds is 10. The van der Waals surface area contributed by atoms with Crippen molar-refractivity contribution in [1.82, 2.24) is 5.32 Å². The average molecular weight is 418 g/mol. The third-order valence-corrected chi connectivity index (χ3v) is 4.05. The molecule has 0 aromatic heterocycles. The molecule has 10 heteroatoms. The van der Waals surface area contributed by atoms with Gasteiger partial charge in [-0.1, -0.05) is 12.1 Å². The Bertz CT molecular complexity index is 915. The normalized spacial score (nSPS) is 11.2. The van der Waals surface area contributed by atoms with Gasteiger partial charge in [0.1, 0.15) is 11.5 Å². The van der Waals surface area contributed by atoms with E-state index in [0.29, 0.717) is 17.1 Å². The number of carbonyl (C=O) groups excluding carboxylic acids is 2. The van der Waals surface area contributed by atoms with Crippen LogP contribution < -0.4 is 19.5 Å². The van der Waals surface area contributed by atoms with Crippen LogP contribution in [-0.4, -0.2) is 44.2 Å². The molecule has 160 valence electrons. The summed E-state index contributed by atoms with van der Waals surface area (Å²) >= 11 is 0. The lowest BCUT2D eigenvalue weighted by Crippen LogP contribution is -2.32. The minimum atomic E-state index is -0.838. The molecule has 0 radical (unpaired) electrons. The molecule has 1 N–H and O–H groups in total. The molecule has 0 aliphatic heterocycles. The largest absolute Gasteiger partial charge is 0.497 e. The molecule has 2 aromatic rings. The van der Waals surface area contributed by atoms with Crippen LogP contribution in [0.15, 0.2) is 42.5 Å². The van der Waals surface area contributed by atoms with Crippen molar-refractivity contribution in [1.29, 1.82) is 0 Å². The van der Waals surface area contributed by atoms with Crippen LogP contribution in [0, 0.1) is 10.1 Å². The second-order valence-electron chi connectivity index (χ2n) is 6.07. The van der Waals surface area contributed by atoms with Crippen molar-refractivity contribution in [2.24, 2.45) is 0 Å². The Kier molecular flexibility index (Phi) is 7.98. The Morgan fingerprint density at radius 3 is 2.47 bits per heavy atom. The van der Waals surface area contributed by atoms with Gasteiger partial charge < -0.3 is 24.3 Å². The predicted octanol–water partition coefficient (Wildman–Crippen LogP) is 2.41. The van der Waals surface area contributed by atoms with Gasteiger partial charge >= 0.3 is 11.7 Å². The standard InChI is InChI=1S/C20H22N2O8/c1-13(15-10-14(27-2)8-9-17(15)28-3)21-19(23)11-30-20(24)12-29-18-7-5-4-6-16(18)22(25)26/h4-10,13H,11-12H2,1-3H3,(H,21,23)/t13-/m1/s1. The van der Waals surface area contributed by atoms with Crippen molar-refractivity contribution >= 4 is 17.6 Å². The number of methoxy groups -OCH3 is 2. The van der Waals surface area contributed by atoms with E-state index in [1.807, 2.05) is 0 Å². The van der Waals surface area contributed by atoms with Gasteiger partial charge in [-0.05, 0) is 31.2 Å².